The van der Waals surface area contributed by atoms with Crippen LogP contribution in [0.25, 0.3) is 11.4 Å². The van der Waals surface area contributed by atoms with Crippen molar-refractivity contribution in [2.75, 3.05) is 5.32 Å². The maximum atomic E-state index is 13.8. The molecule has 30 heavy (non-hydrogen) atoms. The highest BCUT2D eigenvalue weighted by atomic mass is 35.5. The first-order valence-corrected chi connectivity index (χ1v) is 9.49. The fourth-order valence-corrected chi connectivity index (χ4v) is 2.77. The van der Waals surface area contributed by atoms with Crippen molar-refractivity contribution in [3.63, 3.8) is 0 Å². The van der Waals surface area contributed by atoms with Crippen molar-refractivity contribution in [3.05, 3.63) is 77.0 Å². The average Bonchev–Trinajstić information content (AvgIpc) is 3.24. The third kappa shape index (κ3) is 4.55. The van der Waals surface area contributed by atoms with Gasteiger partial charge < -0.3 is 14.6 Å². The third-order valence-corrected chi connectivity index (χ3v) is 4.51. The second-order valence-electron chi connectivity index (χ2n) is 6.61. The van der Waals surface area contributed by atoms with Crippen molar-refractivity contribution < 1.29 is 13.7 Å². The van der Waals surface area contributed by atoms with Crippen LogP contribution in [0, 0.1) is 12.7 Å². The van der Waals surface area contributed by atoms with E-state index in [0.29, 0.717) is 39.6 Å². The first-order valence-electron chi connectivity index (χ1n) is 9.12. The monoisotopic (exact) mass is 425 g/mol. The van der Waals surface area contributed by atoms with Gasteiger partial charge in [0.05, 0.1) is 0 Å². The predicted octanol–water partition coefficient (Wildman–Crippen LogP) is 5.59. The number of nitrogens with zero attached hydrogens (tertiary/aromatic N) is 4. The van der Waals surface area contributed by atoms with E-state index in [-0.39, 0.29) is 11.9 Å². The first-order chi connectivity index (χ1) is 14.5. The van der Waals surface area contributed by atoms with Crippen LogP contribution in [-0.4, -0.2) is 20.3 Å². The summed E-state index contributed by atoms with van der Waals surface area (Å²) in [5.41, 5.74) is 1.96. The molecule has 4 rings (SSSR count). The minimum Gasteiger partial charge on any atom is -0.438 e. The van der Waals surface area contributed by atoms with Crippen LogP contribution in [0.1, 0.15) is 24.4 Å². The Morgan fingerprint density at radius 3 is 2.57 bits per heavy atom. The Bertz CT molecular complexity index is 1150. The molecule has 0 bridgehead atoms. The van der Waals surface area contributed by atoms with E-state index in [0.717, 1.165) is 5.69 Å². The van der Waals surface area contributed by atoms with Crippen LogP contribution in [0.5, 0.6) is 11.6 Å². The number of aromatic nitrogens is 4. The SMILES string of the molecule is Cc1ccc(-c2noc(C(C)Nc3ccc(Oc4ccc(Cl)nn4)cc3)n2)cc1F. The van der Waals surface area contributed by atoms with Gasteiger partial charge in [0.15, 0.2) is 5.15 Å². The lowest BCUT2D eigenvalue weighted by Crippen LogP contribution is -2.06. The van der Waals surface area contributed by atoms with E-state index in [9.17, 15) is 4.39 Å². The summed E-state index contributed by atoms with van der Waals surface area (Å²) >= 11 is 5.71. The zero-order chi connectivity index (χ0) is 21.1. The number of halogens is 2. The molecule has 4 aromatic rings. The van der Waals surface area contributed by atoms with Crippen molar-refractivity contribution in [2.24, 2.45) is 0 Å². The van der Waals surface area contributed by atoms with Gasteiger partial charge in [0, 0.05) is 17.3 Å². The van der Waals surface area contributed by atoms with Crippen LogP contribution in [0.4, 0.5) is 10.1 Å². The minimum absolute atomic E-state index is 0.254. The van der Waals surface area contributed by atoms with E-state index in [1.807, 2.05) is 19.1 Å². The Balaban J connectivity index is 1.41. The summed E-state index contributed by atoms with van der Waals surface area (Å²) < 4.78 is 24.7. The second kappa shape index (κ2) is 8.46. The van der Waals surface area contributed by atoms with Crippen LogP contribution < -0.4 is 10.1 Å². The number of anilines is 1. The number of ether oxygens (including phenoxy) is 1. The molecule has 0 radical (unpaired) electrons. The number of hydrogen-bond acceptors (Lipinski definition) is 7. The highest BCUT2D eigenvalue weighted by Gasteiger charge is 2.16. The fraction of sp³-hybridized carbons (Fsp3) is 0.143. The van der Waals surface area contributed by atoms with Gasteiger partial charge in [-0.15, -0.1) is 10.2 Å². The molecule has 0 aliphatic carbocycles. The minimum atomic E-state index is -0.308. The van der Waals surface area contributed by atoms with E-state index in [1.54, 1.807) is 43.3 Å². The van der Waals surface area contributed by atoms with Gasteiger partial charge in [0.2, 0.25) is 17.6 Å². The van der Waals surface area contributed by atoms with Crippen molar-refractivity contribution in [1.29, 1.82) is 0 Å². The smallest absolute Gasteiger partial charge is 0.249 e. The molecule has 1 N–H and O–H groups in total. The highest BCUT2D eigenvalue weighted by molar-refractivity contribution is 6.29. The molecule has 0 saturated heterocycles. The van der Waals surface area contributed by atoms with E-state index < -0.39 is 0 Å². The fourth-order valence-electron chi connectivity index (χ4n) is 2.67. The maximum Gasteiger partial charge on any atom is 0.249 e. The standard InChI is InChI=1S/C21H17ClFN5O2/c1-12-3-4-14(11-17(12)23)20-25-21(30-28-20)13(2)24-15-5-7-16(8-6-15)29-19-10-9-18(22)26-27-19/h3-11,13,24H,1-2H3. The van der Waals surface area contributed by atoms with Crippen LogP contribution in [0.3, 0.4) is 0 Å². The summed E-state index contributed by atoms with van der Waals surface area (Å²) in [5, 5.41) is 15.1. The topological polar surface area (TPSA) is 86.0 Å². The number of aryl methyl sites for hydroxylation is 1. The van der Waals surface area contributed by atoms with Crippen LogP contribution >= 0.6 is 11.6 Å². The summed E-state index contributed by atoms with van der Waals surface area (Å²) in [6.07, 6.45) is 0. The summed E-state index contributed by atoms with van der Waals surface area (Å²) in [7, 11) is 0. The number of nitrogens with one attached hydrogen (secondary N) is 1. The summed E-state index contributed by atoms with van der Waals surface area (Å²) in [6, 6.07) is 15.1. The van der Waals surface area contributed by atoms with E-state index in [2.05, 4.69) is 25.7 Å². The molecule has 0 aliphatic heterocycles. The summed E-state index contributed by atoms with van der Waals surface area (Å²) in [6.45, 7) is 3.59. The molecule has 0 amide bonds. The Morgan fingerprint density at radius 1 is 1.07 bits per heavy atom. The zero-order valence-electron chi connectivity index (χ0n) is 16.1. The molecule has 1 atom stereocenters. The summed E-state index contributed by atoms with van der Waals surface area (Å²) in [5.74, 6) is 1.37. The van der Waals surface area contributed by atoms with Gasteiger partial charge in [-0.3, -0.25) is 0 Å². The Hall–Kier alpha value is -3.52. The molecule has 0 saturated carbocycles. The quantitative estimate of drug-likeness (QED) is 0.430. The third-order valence-electron chi connectivity index (χ3n) is 4.31. The molecule has 2 aromatic carbocycles. The molecule has 2 heterocycles. The molecular formula is C21H17ClFN5O2. The van der Waals surface area contributed by atoms with Gasteiger partial charge >= 0.3 is 0 Å². The van der Waals surface area contributed by atoms with Crippen molar-refractivity contribution >= 4 is 17.3 Å². The maximum absolute atomic E-state index is 13.8. The largest absolute Gasteiger partial charge is 0.438 e. The first kappa shape index (κ1) is 19.8. The predicted molar refractivity (Wildman–Crippen MR) is 110 cm³/mol. The average molecular weight is 426 g/mol. The van der Waals surface area contributed by atoms with E-state index in [4.69, 9.17) is 20.9 Å². The molecule has 0 fully saturated rings. The van der Waals surface area contributed by atoms with Crippen molar-refractivity contribution in [3.8, 4) is 23.0 Å². The Labute approximate surface area is 176 Å². The lowest BCUT2D eigenvalue weighted by molar-refractivity contribution is 0.368. The lowest BCUT2D eigenvalue weighted by atomic mass is 10.1. The Morgan fingerprint density at radius 2 is 1.87 bits per heavy atom. The molecule has 0 spiro atoms. The molecule has 2 aromatic heterocycles. The van der Waals surface area contributed by atoms with E-state index >= 15 is 0 Å². The van der Waals surface area contributed by atoms with Gasteiger partial charge in [-0.25, -0.2) is 4.39 Å². The van der Waals surface area contributed by atoms with Crippen molar-refractivity contribution in [2.45, 2.75) is 19.9 Å². The molecule has 0 aliphatic rings. The van der Waals surface area contributed by atoms with Crippen molar-refractivity contribution in [1.82, 2.24) is 20.3 Å². The molecule has 9 heteroatoms. The van der Waals surface area contributed by atoms with Gasteiger partial charge in [0.25, 0.3) is 0 Å². The van der Waals surface area contributed by atoms with E-state index in [1.165, 1.54) is 6.07 Å². The molecular weight excluding hydrogens is 409 g/mol. The zero-order valence-corrected chi connectivity index (χ0v) is 16.9. The normalized spacial score (nSPS) is 11.9. The molecule has 7 nitrogen and oxygen atoms in total. The van der Waals surface area contributed by atoms with Crippen LogP contribution in [-0.2, 0) is 0 Å². The van der Waals surface area contributed by atoms with Gasteiger partial charge in [-0.1, -0.05) is 28.9 Å². The van der Waals surface area contributed by atoms with Crippen LogP contribution in [0.15, 0.2) is 59.1 Å². The molecule has 1 unspecified atom stereocenters. The number of hydrogen-bond donors (Lipinski definition) is 1. The van der Waals surface area contributed by atoms with Gasteiger partial charge in [0.1, 0.15) is 17.6 Å². The molecule has 152 valence electrons. The van der Waals surface area contributed by atoms with Crippen LogP contribution in [0.2, 0.25) is 5.15 Å². The number of rotatable bonds is 6. The Kier molecular flexibility index (Phi) is 5.58. The van der Waals surface area contributed by atoms with Gasteiger partial charge in [-0.05, 0) is 55.8 Å². The summed E-state index contributed by atoms with van der Waals surface area (Å²) in [4.78, 5) is 4.37. The van der Waals surface area contributed by atoms with Gasteiger partial charge in [-0.2, -0.15) is 4.98 Å². The highest BCUT2D eigenvalue weighted by Crippen LogP contribution is 2.25. The second-order valence-corrected chi connectivity index (χ2v) is 6.99. The number of benzene rings is 2. The lowest BCUT2D eigenvalue weighted by Gasteiger charge is -2.11.